The van der Waals surface area contributed by atoms with Crippen LogP contribution in [0.5, 0.6) is 5.75 Å². The van der Waals surface area contributed by atoms with Crippen molar-refractivity contribution < 1.29 is 4.74 Å². The first-order valence-electron chi connectivity index (χ1n) is 7.56. The van der Waals surface area contributed by atoms with Crippen LogP contribution in [0.4, 0.5) is 0 Å². The highest BCUT2D eigenvalue weighted by Gasteiger charge is 2.12. The molecule has 0 aliphatic rings. The Bertz CT molecular complexity index is 522. The molecule has 1 aromatic carbocycles. The third-order valence-electron chi connectivity index (χ3n) is 3.54. The number of thiophene rings is 1. The monoisotopic (exact) mass is 303 g/mol. The van der Waals surface area contributed by atoms with Gasteiger partial charge in [0.05, 0.1) is 7.11 Å². The highest BCUT2D eigenvalue weighted by Crippen LogP contribution is 2.20. The maximum absolute atomic E-state index is 5.33. The van der Waals surface area contributed by atoms with Crippen LogP contribution >= 0.6 is 11.3 Å². The maximum atomic E-state index is 5.33. The quantitative estimate of drug-likeness (QED) is 0.791. The molecule has 0 saturated heterocycles. The second-order valence-corrected chi connectivity index (χ2v) is 6.80. The normalized spacial score (nSPS) is 12.6. The van der Waals surface area contributed by atoms with E-state index >= 15 is 0 Å². The van der Waals surface area contributed by atoms with Crippen molar-refractivity contribution in [1.29, 1.82) is 0 Å². The zero-order valence-corrected chi connectivity index (χ0v) is 14.0. The predicted octanol–water partition coefficient (Wildman–Crippen LogP) is 4.16. The van der Waals surface area contributed by atoms with Gasteiger partial charge >= 0.3 is 0 Å². The zero-order valence-electron chi connectivity index (χ0n) is 13.1. The van der Waals surface area contributed by atoms with Crippen molar-refractivity contribution in [3.63, 3.8) is 0 Å². The van der Waals surface area contributed by atoms with E-state index in [9.17, 15) is 0 Å². The van der Waals surface area contributed by atoms with Crippen LogP contribution in [0.15, 0.2) is 41.8 Å². The molecule has 1 N–H and O–H groups in total. The summed E-state index contributed by atoms with van der Waals surface area (Å²) < 4.78 is 5.33. The van der Waals surface area contributed by atoms with Crippen LogP contribution in [0.2, 0.25) is 0 Å². The fraction of sp³-hybridized carbons (Fsp3) is 0.444. The Balaban J connectivity index is 2.02. The fourth-order valence-corrected chi connectivity index (χ4v) is 3.29. The Kier molecular flexibility index (Phi) is 6.27. The molecule has 0 bridgehead atoms. The van der Waals surface area contributed by atoms with Gasteiger partial charge in [-0.2, -0.15) is 0 Å². The Morgan fingerprint density at radius 2 is 2.00 bits per heavy atom. The summed E-state index contributed by atoms with van der Waals surface area (Å²) in [5, 5.41) is 5.74. The van der Waals surface area contributed by atoms with Crippen LogP contribution in [0, 0.1) is 5.92 Å². The van der Waals surface area contributed by atoms with Crippen molar-refractivity contribution in [3.8, 4) is 5.75 Å². The third-order valence-corrected chi connectivity index (χ3v) is 4.44. The van der Waals surface area contributed by atoms with Crippen LogP contribution in [0.1, 0.15) is 24.3 Å². The molecule has 3 heteroatoms. The minimum atomic E-state index is 0.529. The largest absolute Gasteiger partial charge is 0.497 e. The molecule has 114 valence electrons. The van der Waals surface area contributed by atoms with Gasteiger partial charge in [-0.15, -0.1) is 11.3 Å². The van der Waals surface area contributed by atoms with Gasteiger partial charge in [0.2, 0.25) is 0 Å². The van der Waals surface area contributed by atoms with E-state index in [1.165, 1.54) is 10.4 Å². The molecule has 0 spiro atoms. The molecule has 0 aliphatic heterocycles. The predicted molar refractivity (Wildman–Crippen MR) is 91.3 cm³/mol. The molecule has 0 radical (unpaired) electrons. The lowest BCUT2D eigenvalue weighted by molar-refractivity contribution is 0.412. The lowest BCUT2D eigenvalue weighted by Gasteiger charge is -2.19. The van der Waals surface area contributed by atoms with E-state index < -0.39 is 0 Å². The summed E-state index contributed by atoms with van der Waals surface area (Å²) in [6, 6.07) is 13.3. The average molecular weight is 303 g/mol. The molecule has 1 unspecified atom stereocenters. The molecular weight excluding hydrogens is 278 g/mol. The molecule has 0 saturated carbocycles. The zero-order chi connectivity index (χ0) is 15.1. The van der Waals surface area contributed by atoms with Crippen molar-refractivity contribution in [2.45, 2.75) is 32.7 Å². The standard InChI is InChI=1S/C18H25NOS/c1-14(2)19-13-16(12-18-8-5-9-21-18)10-15-6-4-7-17(11-15)20-3/h4-9,11,14,16,19H,10,12-13H2,1-3H3. The van der Waals surface area contributed by atoms with E-state index in [1.807, 2.05) is 17.4 Å². The number of hydrogen-bond acceptors (Lipinski definition) is 3. The van der Waals surface area contributed by atoms with Gasteiger partial charge in [-0.05, 0) is 54.4 Å². The first-order chi connectivity index (χ1) is 10.2. The van der Waals surface area contributed by atoms with Gasteiger partial charge in [-0.25, -0.2) is 0 Å². The summed E-state index contributed by atoms with van der Waals surface area (Å²) >= 11 is 1.85. The molecule has 0 amide bonds. The fourth-order valence-electron chi connectivity index (χ4n) is 2.46. The average Bonchev–Trinajstić information content (AvgIpc) is 2.98. The molecule has 1 heterocycles. The summed E-state index contributed by atoms with van der Waals surface area (Å²) in [6.45, 7) is 5.45. The number of rotatable bonds is 8. The van der Waals surface area contributed by atoms with Crippen molar-refractivity contribution in [3.05, 3.63) is 52.2 Å². The summed E-state index contributed by atoms with van der Waals surface area (Å²) in [4.78, 5) is 1.47. The van der Waals surface area contributed by atoms with Crippen LogP contribution in [-0.4, -0.2) is 19.7 Å². The highest BCUT2D eigenvalue weighted by atomic mass is 32.1. The minimum Gasteiger partial charge on any atom is -0.497 e. The first-order valence-corrected chi connectivity index (χ1v) is 8.44. The van der Waals surface area contributed by atoms with E-state index in [0.717, 1.165) is 25.1 Å². The van der Waals surface area contributed by atoms with Gasteiger partial charge < -0.3 is 10.1 Å². The Labute approximate surface area is 132 Å². The number of methoxy groups -OCH3 is 1. The molecule has 2 aromatic rings. The van der Waals surface area contributed by atoms with Crippen LogP contribution in [0.3, 0.4) is 0 Å². The number of ether oxygens (including phenoxy) is 1. The molecule has 1 aromatic heterocycles. The smallest absolute Gasteiger partial charge is 0.119 e. The van der Waals surface area contributed by atoms with Crippen molar-refractivity contribution in [2.24, 2.45) is 5.92 Å². The van der Waals surface area contributed by atoms with Crippen molar-refractivity contribution >= 4 is 11.3 Å². The number of nitrogens with one attached hydrogen (secondary N) is 1. The van der Waals surface area contributed by atoms with Crippen LogP contribution in [0.25, 0.3) is 0 Å². The Hall–Kier alpha value is -1.32. The van der Waals surface area contributed by atoms with Gasteiger partial charge in [-0.3, -0.25) is 0 Å². The van der Waals surface area contributed by atoms with Gasteiger partial charge in [0.15, 0.2) is 0 Å². The van der Waals surface area contributed by atoms with E-state index in [2.05, 4.69) is 54.9 Å². The second kappa shape index (κ2) is 8.20. The van der Waals surface area contributed by atoms with Gasteiger partial charge in [-0.1, -0.05) is 32.0 Å². The lowest BCUT2D eigenvalue weighted by atomic mass is 9.95. The molecule has 21 heavy (non-hydrogen) atoms. The van der Waals surface area contributed by atoms with Gasteiger partial charge in [0.1, 0.15) is 5.75 Å². The van der Waals surface area contributed by atoms with Crippen molar-refractivity contribution in [1.82, 2.24) is 5.32 Å². The topological polar surface area (TPSA) is 21.3 Å². The van der Waals surface area contributed by atoms with Gasteiger partial charge in [0, 0.05) is 10.9 Å². The molecule has 2 nitrogen and oxygen atoms in total. The number of benzene rings is 1. The molecule has 2 rings (SSSR count). The lowest BCUT2D eigenvalue weighted by Crippen LogP contribution is -2.30. The Morgan fingerprint density at radius 3 is 2.67 bits per heavy atom. The van der Waals surface area contributed by atoms with E-state index in [4.69, 9.17) is 4.74 Å². The molecule has 0 aliphatic carbocycles. The Morgan fingerprint density at radius 1 is 1.14 bits per heavy atom. The van der Waals surface area contributed by atoms with E-state index in [1.54, 1.807) is 7.11 Å². The first kappa shape index (κ1) is 16.1. The summed E-state index contributed by atoms with van der Waals surface area (Å²) in [6.07, 6.45) is 2.21. The number of hydrogen-bond donors (Lipinski definition) is 1. The molecule has 1 atom stereocenters. The minimum absolute atomic E-state index is 0.529. The van der Waals surface area contributed by atoms with Gasteiger partial charge in [0.25, 0.3) is 0 Å². The van der Waals surface area contributed by atoms with Crippen molar-refractivity contribution in [2.75, 3.05) is 13.7 Å². The molecular formula is C18H25NOS. The van der Waals surface area contributed by atoms with Crippen LogP contribution < -0.4 is 10.1 Å². The molecule has 0 fully saturated rings. The summed E-state index contributed by atoms with van der Waals surface area (Å²) in [5.41, 5.74) is 1.35. The highest BCUT2D eigenvalue weighted by molar-refractivity contribution is 7.09. The van der Waals surface area contributed by atoms with E-state index in [-0.39, 0.29) is 0 Å². The maximum Gasteiger partial charge on any atom is 0.119 e. The summed E-state index contributed by atoms with van der Waals surface area (Å²) in [5.74, 6) is 1.55. The SMILES string of the molecule is COc1cccc(CC(CNC(C)C)Cc2cccs2)c1. The van der Waals surface area contributed by atoms with E-state index in [0.29, 0.717) is 12.0 Å². The second-order valence-electron chi connectivity index (χ2n) is 5.77. The third kappa shape index (κ3) is 5.52. The van der Waals surface area contributed by atoms with Crippen LogP contribution in [-0.2, 0) is 12.8 Å². The summed E-state index contributed by atoms with van der Waals surface area (Å²) in [7, 11) is 1.72.